The van der Waals surface area contributed by atoms with Gasteiger partial charge in [-0.05, 0) is 64.2 Å². The lowest BCUT2D eigenvalue weighted by atomic mass is 9.89. The first-order valence-electron chi connectivity index (χ1n) is 11.2. The van der Waals surface area contributed by atoms with E-state index in [2.05, 4.69) is 11.4 Å². The summed E-state index contributed by atoms with van der Waals surface area (Å²) in [6, 6.07) is 6.00. The second kappa shape index (κ2) is 8.65. The van der Waals surface area contributed by atoms with Crippen molar-refractivity contribution < 1.29 is 14.4 Å². The van der Waals surface area contributed by atoms with Crippen molar-refractivity contribution in [1.29, 1.82) is 0 Å². The van der Waals surface area contributed by atoms with Gasteiger partial charge in [-0.2, -0.15) is 0 Å². The van der Waals surface area contributed by atoms with E-state index in [1.54, 1.807) is 0 Å². The van der Waals surface area contributed by atoms with E-state index in [0.29, 0.717) is 26.2 Å². The molecular formula is C24H30N4O3. The quantitative estimate of drug-likeness (QED) is 0.753. The van der Waals surface area contributed by atoms with Crippen LogP contribution in [0.15, 0.2) is 18.2 Å². The second-order valence-corrected chi connectivity index (χ2v) is 8.85. The Kier molecular flexibility index (Phi) is 5.94. The van der Waals surface area contributed by atoms with Gasteiger partial charge in [-0.1, -0.05) is 11.6 Å². The van der Waals surface area contributed by atoms with Crippen LogP contribution >= 0.6 is 0 Å². The molecule has 164 valence electrons. The third-order valence-corrected chi connectivity index (χ3v) is 6.10. The number of piperazine rings is 1. The van der Waals surface area contributed by atoms with Crippen molar-refractivity contribution in [3.05, 3.63) is 40.6 Å². The summed E-state index contributed by atoms with van der Waals surface area (Å²) in [5.41, 5.74) is 4.88. The molecule has 7 heteroatoms. The van der Waals surface area contributed by atoms with Crippen LogP contribution in [0.4, 0.5) is 0 Å². The van der Waals surface area contributed by atoms with E-state index in [0.717, 1.165) is 59.0 Å². The average molecular weight is 423 g/mol. The van der Waals surface area contributed by atoms with Crippen molar-refractivity contribution in [3.63, 3.8) is 0 Å². The van der Waals surface area contributed by atoms with Gasteiger partial charge in [-0.25, -0.2) is 0 Å². The van der Waals surface area contributed by atoms with Crippen LogP contribution in [0.5, 0.6) is 0 Å². The predicted molar refractivity (Wildman–Crippen MR) is 119 cm³/mol. The number of carbonyl (C=O) groups excluding carboxylic acids is 3. The first-order valence-corrected chi connectivity index (χ1v) is 11.2. The molecule has 1 saturated heterocycles. The molecule has 1 aromatic carbocycles. The van der Waals surface area contributed by atoms with Crippen molar-refractivity contribution in [2.75, 3.05) is 26.2 Å². The number of rotatable bonds is 2. The fourth-order valence-corrected chi connectivity index (χ4v) is 4.52. The van der Waals surface area contributed by atoms with Crippen molar-refractivity contribution in [2.45, 2.75) is 52.5 Å². The Morgan fingerprint density at radius 1 is 1.00 bits per heavy atom. The Hall–Kier alpha value is -2.96. The minimum Gasteiger partial charge on any atom is -0.346 e. The predicted octanol–water partition coefficient (Wildman–Crippen LogP) is 2.23. The Balaban J connectivity index is 1.58. The molecule has 3 amide bonds. The Bertz CT molecular complexity index is 1040. The molecule has 0 bridgehead atoms. The maximum Gasteiger partial charge on any atom is 0.312 e. The van der Waals surface area contributed by atoms with Crippen LogP contribution in [-0.2, 0) is 22.4 Å². The number of hydrogen-bond donors (Lipinski definition) is 1. The normalized spacial score (nSPS) is 16.4. The number of benzene rings is 1. The van der Waals surface area contributed by atoms with Gasteiger partial charge in [0, 0.05) is 43.3 Å². The molecule has 2 aromatic rings. The lowest BCUT2D eigenvalue weighted by Gasteiger charge is -2.35. The molecule has 1 aromatic heterocycles. The molecular weight excluding hydrogens is 392 g/mol. The molecule has 1 fully saturated rings. The Morgan fingerprint density at radius 2 is 1.68 bits per heavy atom. The monoisotopic (exact) mass is 422 g/mol. The zero-order valence-electron chi connectivity index (χ0n) is 18.5. The summed E-state index contributed by atoms with van der Waals surface area (Å²) < 4.78 is 0. The molecule has 0 unspecified atom stereocenters. The van der Waals surface area contributed by atoms with E-state index in [1.807, 2.05) is 37.8 Å². The van der Waals surface area contributed by atoms with Crippen LogP contribution in [0.1, 0.15) is 53.9 Å². The highest BCUT2D eigenvalue weighted by molar-refractivity contribution is 6.35. The van der Waals surface area contributed by atoms with Gasteiger partial charge in [-0.3, -0.25) is 19.4 Å². The van der Waals surface area contributed by atoms with Crippen molar-refractivity contribution in [2.24, 2.45) is 0 Å². The molecule has 2 aliphatic rings. The van der Waals surface area contributed by atoms with Crippen LogP contribution in [0.25, 0.3) is 10.9 Å². The van der Waals surface area contributed by atoms with Gasteiger partial charge in [-0.15, -0.1) is 0 Å². The molecule has 1 N–H and O–H groups in total. The highest BCUT2D eigenvalue weighted by Crippen LogP contribution is 2.31. The number of hydrogen-bond acceptors (Lipinski definition) is 4. The molecule has 1 aliphatic heterocycles. The number of fused-ring (bicyclic) bond motifs is 2. The maximum atomic E-state index is 13.7. The lowest BCUT2D eigenvalue weighted by molar-refractivity contribution is -0.147. The summed E-state index contributed by atoms with van der Waals surface area (Å²) in [6.45, 7) is 7.24. The molecule has 31 heavy (non-hydrogen) atoms. The smallest absolute Gasteiger partial charge is 0.312 e. The molecule has 4 rings (SSSR count). The minimum atomic E-state index is -0.584. The van der Waals surface area contributed by atoms with Crippen LogP contribution < -0.4 is 5.32 Å². The Labute approximate surface area is 182 Å². The van der Waals surface area contributed by atoms with Crippen LogP contribution in [-0.4, -0.2) is 64.7 Å². The maximum absolute atomic E-state index is 13.7. The van der Waals surface area contributed by atoms with E-state index in [9.17, 15) is 14.4 Å². The van der Waals surface area contributed by atoms with Gasteiger partial charge >= 0.3 is 11.8 Å². The van der Waals surface area contributed by atoms with Crippen LogP contribution in [0.2, 0.25) is 0 Å². The third-order valence-electron chi connectivity index (χ3n) is 6.10. The van der Waals surface area contributed by atoms with Gasteiger partial charge in [0.15, 0.2) is 0 Å². The molecule has 2 heterocycles. The minimum absolute atomic E-state index is 0.00915. The summed E-state index contributed by atoms with van der Waals surface area (Å²) >= 11 is 0. The molecule has 7 nitrogen and oxygen atoms in total. The Morgan fingerprint density at radius 3 is 2.39 bits per heavy atom. The summed E-state index contributed by atoms with van der Waals surface area (Å²) in [6.07, 6.45) is 3.96. The molecule has 0 saturated carbocycles. The van der Waals surface area contributed by atoms with E-state index in [-0.39, 0.29) is 11.9 Å². The van der Waals surface area contributed by atoms with Gasteiger partial charge in [0.2, 0.25) is 0 Å². The van der Waals surface area contributed by atoms with Gasteiger partial charge in [0.05, 0.1) is 11.1 Å². The molecule has 0 spiro atoms. The lowest BCUT2D eigenvalue weighted by Crippen LogP contribution is -2.54. The topological polar surface area (TPSA) is 82.6 Å². The van der Waals surface area contributed by atoms with Gasteiger partial charge < -0.3 is 15.1 Å². The number of nitrogens with one attached hydrogen (secondary N) is 1. The number of aromatic nitrogens is 1. The molecule has 0 atom stereocenters. The van der Waals surface area contributed by atoms with Crippen molar-refractivity contribution >= 4 is 28.6 Å². The first-order chi connectivity index (χ1) is 14.8. The molecule has 1 aliphatic carbocycles. The van der Waals surface area contributed by atoms with Gasteiger partial charge in [0.1, 0.15) is 0 Å². The fraction of sp³-hybridized carbons (Fsp3) is 0.500. The summed E-state index contributed by atoms with van der Waals surface area (Å²) in [5, 5.41) is 3.56. The summed E-state index contributed by atoms with van der Waals surface area (Å²) in [4.78, 5) is 46.3. The van der Waals surface area contributed by atoms with Crippen molar-refractivity contribution in [1.82, 2.24) is 20.1 Å². The van der Waals surface area contributed by atoms with E-state index in [4.69, 9.17) is 4.98 Å². The first kappa shape index (κ1) is 21.3. The van der Waals surface area contributed by atoms with Crippen LogP contribution in [0.3, 0.4) is 0 Å². The second-order valence-electron chi connectivity index (χ2n) is 8.85. The van der Waals surface area contributed by atoms with Crippen LogP contribution in [0, 0.1) is 6.92 Å². The zero-order valence-corrected chi connectivity index (χ0v) is 18.5. The number of nitrogens with zero attached hydrogens (tertiary/aromatic N) is 3. The average Bonchev–Trinajstić information content (AvgIpc) is 2.76. The molecule has 0 radical (unpaired) electrons. The van der Waals surface area contributed by atoms with E-state index < -0.39 is 11.8 Å². The zero-order chi connectivity index (χ0) is 22.1. The number of aryl methyl sites for hydroxylation is 2. The summed E-state index contributed by atoms with van der Waals surface area (Å²) in [7, 11) is 0. The van der Waals surface area contributed by atoms with E-state index in [1.165, 1.54) is 4.90 Å². The largest absolute Gasteiger partial charge is 0.346 e. The number of carbonyl (C=O) groups is 3. The number of amides is 3. The standard InChI is InChI=1S/C24H30N4O3/c1-15(2)25-22(29)24(31)28-12-10-27(11-13-28)23(30)21-17-6-4-5-7-19(17)26-20-9-8-16(3)14-18(20)21/h8-9,14-15H,4-7,10-13H2,1-3H3,(H,25,29). The highest BCUT2D eigenvalue weighted by Gasteiger charge is 2.31. The van der Waals surface area contributed by atoms with Crippen molar-refractivity contribution in [3.8, 4) is 0 Å². The SMILES string of the molecule is Cc1ccc2nc3c(c(C(=O)N4CCN(C(=O)C(=O)NC(C)C)CC4)c2c1)CCCC3. The van der Waals surface area contributed by atoms with E-state index >= 15 is 0 Å². The van der Waals surface area contributed by atoms with Gasteiger partial charge in [0.25, 0.3) is 5.91 Å². The highest BCUT2D eigenvalue weighted by atomic mass is 16.2. The fourth-order valence-electron chi connectivity index (χ4n) is 4.52. The summed E-state index contributed by atoms with van der Waals surface area (Å²) in [5.74, 6) is -1.10. The third kappa shape index (κ3) is 4.27. The number of pyridine rings is 1.